The molecule has 2 rings (SSSR count). The number of rotatable bonds is 7. The molecule has 0 aliphatic heterocycles. The highest BCUT2D eigenvalue weighted by atomic mass is 79.9. The third kappa shape index (κ3) is 5.48. The summed E-state index contributed by atoms with van der Waals surface area (Å²) in [5.41, 5.74) is 0.726. The average Bonchev–Trinajstić information content (AvgIpc) is 2.90. The van der Waals surface area contributed by atoms with Crippen molar-refractivity contribution < 1.29 is 19.2 Å². The number of aryl methyl sites for hydroxylation is 2. The topological polar surface area (TPSA) is 105 Å². The van der Waals surface area contributed by atoms with E-state index in [0.29, 0.717) is 18.1 Å². The summed E-state index contributed by atoms with van der Waals surface area (Å²) in [5.74, 6) is -0.358. The van der Waals surface area contributed by atoms with Crippen LogP contribution >= 0.6 is 15.9 Å². The molecule has 0 aliphatic rings. The van der Waals surface area contributed by atoms with Gasteiger partial charge in [-0.1, -0.05) is 33.2 Å². The maximum atomic E-state index is 12.1. The van der Waals surface area contributed by atoms with Gasteiger partial charge in [0, 0.05) is 17.3 Å². The van der Waals surface area contributed by atoms with Crippen molar-refractivity contribution in [2.24, 2.45) is 0 Å². The van der Waals surface area contributed by atoms with Gasteiger partial charge in [-0.15, -0.1) is 0 Å². The normalized spacial score (nSPS) is 11.9. The molecule has 0 spiro atoms. The standard InChI is InChI=1S/C15H16BrN3O4/c1-9-17-14(23-19-9)6-5-13(20)18-12(8-15(21)22)10-3-2-4-11(16)7-10/h2-4,7,12H,5-6,8H2,1H3,(H,18,20)(H,21,22). The molecule has 1 heterocycles. The van der Waals surface area contributed by atoms with Gasteiger partial charge in [-0.25, -0.2) is 0 Å². The van der Waals surface area contributed by atoms with Crippen LogP contribution in [0.25, 0.3) is 0 Å². The van der Waals surface area contributed by atoms with E-state index in [4.69, 9.17) is 9.63 Å². The van der Waals surface area contributed by atoms with Crippen LogP contribution in [0.1, 0.15) is 36.2 Å². The number of carboxylic acids is 1. The second-order valence-corrected chi connectivity index (χ2v) is 5.92. The number of carboxylic acid groups (broad SMARTS) is 1. The van der Waals surface area contributed by atoms with Gasteiger partial charge in [0.05, 0.1) is 12.5 Å². The highest BCUT2D eigenvalue weighted by Gasteiger charge is 2.18. The van der Waals surface area contributed by atoms with Crippen molar-refractivity contribution >= 4 is 27.8 Å². The minimum atomic E-state index is -0.984. The first-order chi connectivity index (χ1) is 10.9. The molecule has 8 heteroatoms. The molecule has 23 heavy (non-hydrogen) atoms. The summed E-state index contributed by atoms with van der Waals surface area (Å²) >= 11 is 3.34. The number of amides is 1. The minimum absolute atomic E-state index is 0.145. The second kappa shape index (κ2) is 7.87. The van der Waals surface area contributed by atoms with Crippen molar-refractivity contribution in [3.05, 3.63) is 46.0 Å². The summed E-state index contributed by atoms with van der Waals surface area (Å²) in [6.07, 6.45) is 0.262. The molecule has 1 aromatic carbocycles. The summed E-state index contributed by atoms with van der Waals surface area (Å²) in [6.45, 7) is 1.70. The van der Waals surface area contributed by atoms with Crippen molar-refractivity contribution in [2.75, 3.05) is 0 Å². The summed E-state index contributed by atoms with van der Waals surface area (Å²) < 4.78 is 5.76. The zero-order chi connectivity index (χ0) is 16.8. The smallest absolute Gasteiger partial charge is 0.305 e. The Bertz CT molecular complexity index is 702. The number of benzene rings is 1. The van der Waals surface area contributed by atoms with Gasteiger partial charge in [0.2, 0.25) is 11.8 Å². The van der Waals surface area contributed by atoms with Crippen molar-refractivity contribution in [1.82, 2.24) is 15.5 Å². The molecule has 1 atom stereocenters. The molecule has 7 nitrogen and oxygen atoms in total. The van der Waals surface area contributed by atoms with Crippen molar-refractivity contribution in [3.8, 4) is 0 Å². The van der Waals surface area contributed by atoms with Crippen molar-refractivity contribution in [2.45, 2.75) is 32.2 Å². The fourth-order valence-electron chi connectivity index (χ4n) is 2.08. The van der Waals surface area contributed by atoms with Crippen LogP contribution in [-0.2, 0) is 16.0 Å². The monoisotopic (exact) mass is 381 g/mol. The summed E-state index contributed by atoms with van der Waals surface area (Å²) in [7, 11) is 0. The lowest BCUT2D eigenvalue weighted by Gasteiger charge is -2.17. The quantitative estimate of drug-likeness (QED) is 0.762. The fraction of sp³-hybridized carbons (Fsp3) is 0.333. The van der Waals surface area contributed by atoms with Gasteiger partial charge in [0.25, 0.3) is 0 Å². The SMILES string of the molecule is Cc1noc(CCC(=O)NC(CC(=O)O)c2cccc(Br)c2)n1. The van der Waals surface area contributed by atoms with Gasteiger partial charge in [0.1, 0.15) is 0 Å². The van der Waals surface area contributed by atoms with E-state index in [2.05, 4.69) is 31.4 Å². The minimum Gasteiger partial charge on any atom is -0.481 e. The lowest BCUT2D eigenvalue weighted by atomic mass is 10.0. The Hall–Kier alpha value is -2.22. The van der Waals surface area contributed by atoms with E-state index in [9.17, 15) is 9.59 Å². The predicted octanol–water partition coefficient (Wildman–Crippen LogP) is 2.41. The van der Waals surface area contributed by atoms with Crippen LogP contribution in [0, 0.1) is 6.92 Å². The lowest BCUT2D eigenvalue weighted by molar-refractivity contribution is -0.137. The summed E-state index contributed by atoms with van der Waals surface area (Å²) in [6, 6.07) is 6.60. The Morgan fingerprint density at radius 2 is 2.22 bits per heavy atom. The summed E-state index contributed by atoms with van der Waals surface area (Å²) in [4.78, 5) is 27.1. The highest BCUT2D eigenvalue weighted by molar-refractivity contribution is 9.10. The van der Waals surface area contributed by atoms with Crippen LogP contribution in [0.2, 0.25) is 0 Å². The van der Waals surface area contributed by atoms with Gasteiger partial charge in [-0.3, -0.25) is 9.59 Å². The molecule has 1 unspecified atom stereocenters. The molecule has 0 fully saturated rings. The number of nitrogens with one attached hydrogen (secondary N) is 1. The first-order valence-electron chi connectivity index (χ1n) is 7.00. The van der Waals surface area contributed by atoms with Crippen LogP contribution < -0.4 is 5.32 Å². The second-order valence-electron chi connectivity index (χ2n) is 5.01. The molecular formula is C15H16BrN3O4. The number of carbonyl (C=O) groups excluding carboxylic acids is 1. The van der Waals surface area contributed by atoms with E-state index < -0.39 is 12.0 Å². The Morgan fingerprint density at radius 1 is 1.43 bits per heavy atom. The number of nitrogens with zero attached hydrogens (tertiary/aromatic N) is 2. The van der Waals surface area contributed by atoms with E-state index in [1.807, 2.05) is 6.07 Å². The molecule has 1 aromatic heterocycles. The Labute approximate surface area is 141 Å². The zero-order valence-electron chi connectivity index (χ0n) is 12.5. The molecule has 0 saturated carbocycles. The van der Waals surface area contributed by atoms with Gasteiger partial charge in [-0.2, -0.15) is 4.98 Å². The van der Waals surface area contributed by atoms with Crippen molar-refractivity contribution in [1.29, 1.82) is 0 Å². The summed E-state index contributed by atoms with van der Waals surface area (Å²) in [5, 5.41) is 15.4. The Kier molecular flexibility index (Phi) is 5.86. The number of hydrogen-bond acceptors (Lipinski definition) is 5. The van der Waals surface area contributed by atoms with E-state index in [0.717, 1.165) is 10.0 Å². The molecule has 0 saturated heterocycles. The van der Waals surface area contributed by atoms with Crippen LogP contribution in [0.3, 0.4) is 0 Å². The lowest BCUT2D eigenvalue weighted by Crippen LogP contribution is -2.30. The molecule has 2 aromatic rings. The number of carbonyl (C=O) groups is 2. The number of hydrogen-bond donors (Lipinski definition) is 2. The third-order valence-corrected chi connectivity index (χ3v) is 3.59. The van der Waals surface area contributed by atoms with Crippen LogP contribution in [0.15, 0.2) is 33.3 Å². The van der Waals surface area contributed by atoms with Gasteiger partial charge >= 0.3 is 5.97 Å². The maximum absolute atomic E-state index is 12.1. The van der Waals surface area contributed by atoms with Gasteiger partial charge in [0.15, 0.2) is 5.82 Å². The Morgan fingerprint density at radius 3 is 2.83 bits per heavy atom. The van der Waals surface area contributed by atoms with Gasteiger partial charge in [-0.05, 0) is 24.6 Å². The van der Waals surface area contributed by atoms with Crippen LogP contribution in [0.5, 0.6) is 0 Å². The molecule has 0 bridgehead atoms. The number of aliphatic carboxylic acids is 1. The third-order valence-electron chi connectivity index (χ3n) is 3.10. The zero-order valence-corrected chi connectivity index (χ0v) is 14.0. The van der Waals surface area contributed by atoms with E-state index in [-0.39, 0.29) is 18.7 Å². The van der Waals surface area contributed by atoms with Gasteiger partial charge < -0.3 is 14.9 Å². The largest absolute Gasteiger partial charge is 0.481 e. The molecular weight excluding hydrogens is 366 g/mol. The first kappa shape index (κ1) is 17.1. The van der Waals surface area contributed by atoms with E-state index in [1.165, 1.54) is 0 Å². The highest BCUT2D eigenvalue weighted by Crippen LogP contribution is 2.21. The molecule has 0 aliphatic carbocycles. The molecule has 0 radical (unpaired) electrons. The predicted molar refractivity (Wildman–Crippen MR) is 84.6 cm³/mol. The molecule has 2 N–H and O–H groups in total. The fourth-order valence-corrected chi connectivity index (χ4v) is 2.50. The molecule has 122 valence electrons. The number of aromatic nitrogens is 2. The van der Waals surface area contributed by atoms with Crippen LogP contribution in [0.4, 0.5) is 0 Å². The van der Waals surface area contributed by atoms with E-state index >= 15 is 0 Å². The molecule has 1 amide bonds. The average molecular weight is 382 g/mol. The Balaban J connectivity index is 1.99. The van der Waals surface area contributed by atoms with Crippen molar-refractivity contribution in [3.63, 3.8) is 0 Å². The van der Waals surface area contributed by atoms with Crippen LogP contribution in [-0.4, -0.2) is 27.1 Å². The first-order valence-corrected chi connectivity index (χ1v) is 7.79. The van der Waals surface area contributed by atoms with E-state index in [1.54, 1.807) is 25.1 Å². The maximum Gasteiger partial charge on any atom is 0.305 e. The number of halogens is 1.